The van der Waals surface area contributed by atoms with Crippen LogP contribution in [-0.2, 0) is 0 Å². The monoisotopic (exact) mass is 406 g/mol. The van der Waals surface area contributed by atoms with E-state index < -0.39 is 5.82 Å². The van der Waals surface area contributed by atoms with Crippen molar-refractivity contribution in [3.8, 4) is 22.5 Å². The summed E-state index contributed by atoms with van der Waals surface area (Å²) in [5, 5.41) is 1.32. The maximum absolute atomic E-state index is 15.8. The van der Waals surface area contributed by atoms with E-state index in [9.17, 15) is 0 Å². The van der Waals surface area contributed by atoms with Crippen molar-refractivity contribution >= 4 is 33.5 Å². The van der Waals surface area contributed by atoms with Crippen LogP contribution in [0.25, 0.3) is 50.1 Å². The number of nitrogen functional groups attached to an aromatic ring is 1. The third kappa shape index (κ3) is 2.63. The van der Waals surface area contributed by atoms with E-state index in [1.165, 1.54) is 6.33 Å². The Morgan fingerprint density at radius 3 is 2.55 bits per heavy atom. The van der Waals surface area contributed by atoms with E-state index >= 15 is 4.39 Å². The highest BCUT2D eigenvalue weighted by Gasteiger charge is 2.21. The number of pyridine rings is 2. The number of fused-ring (bicyclic) bond motifs is 2. The van der Waals surface area contributed by atoms with Crippen molar-refractivity contribution in [1.29, 1.82) is 0 Å². The van der Waals surface area contributed by atoms with Crippen LogP contribution in [0, 0.1) is 5.82 Å². The fourth-order valence-electron chi connectivity index (χ4n) is 3.85. The molecule has 0 amide bonds. The van der Waals surface area contributed by atoms with Crippen molar-refractivity contribution in [3.05, 3.63) is 85.2 Å². The molecular formula is C24H15FN6. The lowest BCUT2D eigenvalue weighted by molar-refractivity contribution is 0.640. The summed E-state index contributed by atoms with van der Waals surface area (Å²) in [5.41, 5.74) is 10.4. The lowest BCUT2D eigenvalue weighted by atomic mass is 10.0. The highest BCUT2D eigenvalue weighted by atomic mass is 19.1. The van der Waals surface area contributed by atoms with Gasteiger partial charge in [0.15, 0.2) is 11.5 Å². The molecule has 0 saturated heterocycles. The van der Waals surface area contributed by atoms with Gasteiger partial charge in [-0.05, 0) is 30.4 Å². The van der Waals surface area contributed by atoms with E-state index in [4.69, 9.17) is 5.73 Å². The van der Waals surface area contributed by atoms with Gasteiger partial charge >= 0.3 is 0 Å². The maximum Gasteiger partial charge on any atom is 0.157 e. The second kappa shape index (κ2) is 6.56. The van der Waals surface area contributed by atoms with Crippen molar-refractivity contribution in [2.24, 2.45) is 0 Å². The molecule has 6 rings (SSSR count). The van der Waals surface area contributed by atoms with Crippen molar-refractivity contribution in [2.75, 3.05) is 5.73 Å². The van der Waals surface area contributed by atoms with E-state index in [0.717, 1.165) is 5.70 Å². The number of nitrogens with two attached hydrogens (primary N) is 1. The molecule has 2 N–H and O–H groups in total. The fraction of sp³-hybridized carbons (Fsp3) is 0. The molecular weight excluding hydrogens is 391 g/mol. The Labute approximate surface area is 176 Å². The quantitative estimate of drug-likeness (QED) is 0.464. The molecule has 148 valence electrons. The van der Waals surface area contributed by atoms with E-state index in [-0.39, 0.29) is 5.52 Å². The van der Waals surface area contributed by atoms with Gasteiger partial charge in [0, 0.05) is 34.6 Å². The average Bonchev–Trinajstić information content (AvgIpc) is 3.13. The predicted octanol–water partition coefficient (Wildman–Crippen LogP) is 4.84. The third-order valence-electron chi connectivity index (χ3n) is 5.44. The van der Waals surface area contributed by atoms with Crippen molar-refractivity contribution in [3.63, 3.8) is 0 Å². The van der Waals surface area contributed by atoms with Crippen LogP contribution in [-0.4, -0.2) is 24.5 Å². The zero-order chi connectivity index (χ0) is 20.9. The first-order chi connectivity index (χ1) is 15.2. The Morgan fingerprint density at radius 1 is 0.903 bits per heavy atom. The van der Waals surface area contributed by atoms with Gasteiger partial charge in [-0.2, -0.15) is 0 Å². The Kier molecular flexibility index (Phi) is 3.70. The van der Waals surface area contributed by atoms with Crippen LogP contribution in [0.5, 0.6) is 0 Å². The molecule has 0 saturated carbocycles. The molecule has 4 aromatic heterocycles. The molecule has 5 aromatic rings. The summed E-state index contributed by atoms with van der Waals surface area (Å²) in [4.78, 5) is 17.4. The lowest BCUT2D eigenvalue weighted by Gasteiger charge is -2.09. The minimum absolute atomic E-state index is 0.278. The number of aromatic nitrogens is 5. The summed E-state index contributed by atoms with van der Waals surface area (Å²) in [6, 6.07) is 12.9. The first-order valence-corrected chi connectivity index (χ1v) is 9.72. The number of hydrogen-bond donors (Lipinski definition) is 1. The molecule has 0 unspecified atom stereocenters. The summed E-state index contributed by atoms with van der Waals surface area (Å²) in [5.74, 6) is -0.118. The van der Waals surface area contributed by atoms with Gasteiger partial charge in [0.2, 0.25) is 0 Å². The lowest BCUT2D eigenvalue weighted by Crippen LogP contribution is -1.99. The first-order valence-electron chi connectivity index (χ1n) is 9.72. The number of allylic oxidation sites excluding steroid dienone is 4. The summed E-state index contributed by atoms with van der Waals surface area (Å²) in [6.45, 7) is 0. The zero-order valence-electron chi connectivity index (χ0n) is 16.2. The largest absolute Gasteiger partial charge is 0.383 e. The van der Waals surface area contributed by atoms with Gasteiger partial charge in [0.05, 0.1) is 16.8 Å². The number of halogens is 1. The van der Waals surface area contributed by atoms with Gasteiger partial charge in [-0.25, -0.2) is 19.3 Å². The van der Waals surface area contributed by atoms with Crippen LogP contribution in [0.15, 0.2) is 79.4 Å². The molecule has 0 bridgehead atoms. The van der Waals surface area contributed by atoms with E-state index in [0.29, 0.717) is 44.8 Å². The van der Waals surface area contributed by atoms with Crippen LogP contribution in [0.1, 0.15) is 0 Å². The highest BCUT2D eigenvalue weighted by Crippen LogP contribution is 2.38. The van der Waals surface area contributed by atoms with Gasteiger partial charge in [-0.15, -0.1) is 0 Å². The molecule has 0 atom stereocenters. The Morgan fingerprint density at radius 2 is 1.77 bits per heavy atom. The van der Waals surface area contributed by atoms with Gasteiger partial charge in [-0.3, -0.25) is 4.98 Å². The van der Waals surface area contributed by atoms with Crippen molar-refractivity contribution in [2.45, 2.75) is 0 Å². The normalized spacial score (nSPS) is 12.9. The first kappa shape index (κ1) is 17.5. The SMILES string of the molecule is Nc1ncnc2c1c(-c1ccc3ccc(-c4ccccn4)nc3c1F)cn2C1=CC=C1. The predicted molar refractivity (Wildman–Crippen MR) is 119 cm³/mol. The topological polar surface area (TPSA) is 82.5 Å². The van der Waals surface area contributed by atoms with E-state index in [1.54, 1.807) is 12.3 Å². The van der Waals surface area contributed by atoms with Crippen LogP contribution in [0.3, 0.4) is 0 Å². The molecule has 0 spiro atoms. The van der Waals surface area contributed by atoms with E-state index in [2.05, 4.69) is 19.9 Å². The summed E-state index contributed by atoms with van der Waals surface area (Å²) in [7, 11) is 0. The number of nitrogens with zero attached hydrogens (tertiary/aromatic N) is 5. The summed E-state index contributed by atoms with van der Waals surface area (Å²) in [6.07, 6.45) is 10.8. The van der Waals surface area contributed by atoms with Crippen molar-refractivity contribution in [1.82, 2.24) is 24.5 Å². The summed E-state index contributed by atoms with van der Waals surface area (Å²) >= 11 is 0. The Balaban J connectivity index is 1.60. The molecule has 4 heterocycles. The second-order valence-electron chi connectivity index (χ2n) is 7.23. The molecule has 1 aromatic carbocycles. The van der Waals surface area contributed by atoms with Crippen LogP contribution in [0.4, 0.5) is 10.2 Å². The molecule has 7 heteroatoms. The Bertz CT molecular complexity index is 1550. The maximum atomic E-state index is 15.8. The standard InChI is InChI=1S/C24H15FN6/c25-21-16(9-7-14-8-10-19(30-22(14)21)18-6-1-2-11-27-18)17-12-31(15-4-3-5-15)24-20(17)23(26)28-13-29-24/h1-13H,(H2,26,28,29). The van der Waals surface area contributed by atoms with Crippen LogP contribution in [0.2, 0.25) is 0 Å². The molecule has 1 aliphatic carbocycles. The number of benzene rings is 1. The fourth-order valence-corrected chi connectivity index (χ4v) is 3.85. The second-order valence-corrected chi connectivity index (χ2v) is 7.23. The van der Waals surface area contributed by atoms with Gasteiger partial charge < -0.3 is 10.3 Å². The van der Waals surface area contributed by atoms with Gasteiger partial charge in [0.1, 0.15) is 17.7 Å². The molecule has 6 nitrogen and oxygen atoms in total. The number of anilines is 1. The Hall–Kier alpha value is -4.39. The third-order valence-corrected chi connectivity index (χ3v) is 5.44. The van der Waals surface area contributed by atoms with Crippen LogP contribution < -0.4 is 5.73 Å². The highest BCUT2D eigenvalue weighted by molar-refractivity contribution is 6.04. The molecule has 0 fully saturated rings. The van der Waals surface area contributed by atoms with Crippen molar-refractivity contribution < 1.29 is 4.39 Å². The van der Waals surface area contributed by atoms with Gasteiger partial charge in [-0.1, -0.05) is 30.3 Å². The molecule has 31 heavy (non-hydrogen) atoms. The van der Waals surface area contributed by atoms with Gasteiger partial charge in [0.25, 0.3) is 0 Å². The molecule has 0 radical (unpaired) electrons. The number of hydrogen-bond acceptors (Lipinski definition) is 5. The minimum atomic E-state index is -0.421. The number of rotatable bonds is 3. The minimum Gasteiger partial charge on any atom is -0.383 e. The molecule has 1 aliphatic rings. The van der Waals surface area contributed by atoms with Crippen LogP contribution >= 0.6 is 0 Å². The zero-order valence-corrected chi connectivity index (χ0v) is 16.2. The molecule has 0 aliphatic heterocycles. The summed E-state index contributed by atoms with van der Waals surface area (Å²) < 4.78 is 17.7. The average molecular weight is 406 g/mol. The van der Waals surface area contributed by atoms with E-state index in [1.807, 2.05) is 65.4 Å². The smallest absolute Gasteiger partial charge is 0.157 e.